The fourth-order valence-electron chi connectivity index (χ4n) is 2.30. The van der Waals surface area contributed by atoms with Gasteiger partial charge in [0.25, 0.3) is 0 Å². The molecule has 0 spiro atoms. The van der Waals surface area contributed by atoms with Crippen LogP contribution in [-0.2, 0) is 6.42 Å². The molecule has 0 saturated heterocycles. The van der Waals surface area contributed by atoms with Crippen LogP contribution in [0.15, 0.2) is 48.5 Å². The van der Waals surface area contributed by atoms with Crippen molar-refractivity contribution in [2.24, 2.45) is 5.73 Å². The minimum Gasteiger partial charge on any atom is -0.491 e. The minimum absolute atomic E-state index is 0.00693. The summed E-state index contributed by atoms with van der Waals surface area (Å²) in [7, 11) is 0. The van der Waals surface area contributed by atoms with Crippen molar-refractivity contribution in [1.82, 2.24) is 0 Å². The molecule has 0 aliphatic heterocycles. The van der Waals surface area contributed by atoms with Crippen LogP contribution in [0.5, 0.6) is 5.75 Å². The highest BCUT2D eigenvalue weighted by atomic mass is 16.5. The van der Waals surface area contributed by atoms with Gasteiger partial charge >= 0.3 is 0 Å². The van der Waals surface area contributed by atoms with E-state index >= 15 is 0 Å². The Morgan fingerprint density at radius 3 is 2.50 bits per heavy atom. The number of nitrogens with two attached hydrogens (primary N) is 1. The van der Waals surface area contributed by atoms with Crippen LogP contribution in [0.25, 0.3) is 0 Å². The zero-order valence-electron chi connectivity index (χ0n) is 12.5. The van der Waals surface area contributed by atoms with E-state index in [0.29, 0.717) is 0 Å². The van der Waals surface area contributed by atoms with Gasteiger partial charge in [0.15, 0.2) is 0 Å². The highest BCUT2D eigenvalue weighted by Gasteiger charge is 2.09. The molecule has 2 N–H and O–H groups in total. The summed E-state index contributed by atoms with van der Waals surface area (Å²) in [5.74, 6) is 0.886. The van der Waals surface area contributed by atoms with Gasteiger partial charge in [0.2, 0.25) is 0 Å². The summed E-state index contributed by atoms with van der Waals surface area (Å²) in [4.78, 5) is 0. The maximum Gasteiger partial charge on any atom is 0.120 e. The summed E-state index contributed by atoms with van der Waals surface area (Å²) >= 11 is 0. The maximum atomic E-state index is 6.32. The second kappa shape index (κ2) is 6.58. The molecule has 2 nitrogen and oxygen atoms in total. The molecule has 1 unspecified atom stereocenters. The van der Waals surface area contributed by atoms with Gasteiger partial charge in [0.1, 0.15) is 5.75 Å². The molecule has 2 rings (SSSR count). The van der Waals surface area contributed by atoms with Crippen LogP contribution in [-0.4, -0.2) is 6.10 Å². The Labute approximate surface area is 121 Å². The van der Waals surface area contributed by atoms with Crippen molar-refractivity contribution in [2.75, 3.05) is 0 Å². The molecule has 2 aromatic carbocycles. The van der Waals surface area contributed by atoms with Gasteiger partial charge in [-0.1, -0.05) is 42.0 Å². The monoisotopic (exact) mass is 269 g/mol. The third kappa shape index (κ3) is 4.10. The van der Waals surface area contributed by atoms with Gasteiger partial charge in [-0.15, -0.1) is 0 Å². The molecule has 0 aliphatic carbocycles. The van der Waals surface area contributed by atoms with Crippen molar-refractivity contribution in [2.45, 2.75) is 39.3 Å². The van der Waals surface area contributed by atoms with Crippen LogP contribution in [0.2, 0.25) is 0 Å². The fourth-order valence-corrected chi connectivity index (χ4v) is 2.30. The molecule has 0 saturated carbocycles. The molecule has 0 heterocycles. The summed E-state index contributed by atoms with van der Waals surface area (Å²) in [5.41, 5.74) is 9.98. The maximum absolute atomic E-state index is 6.32. The lowest BCUT2D eigenvalue weighted by molar-refractivity contribution is 0.242. The van der Waals surface area contributed by atoms with Crippen molar-refractivity contribution in [3.63, 3.8) is 0 Å². The first-order valence-corrected chi connectivity index (χ1v) is 7.12. The Hall–Kier alpha value is -1.80. The number of hydrogen-bond acceptors (Lipinski definition) is 2. The summed E-state index contributed by atoms with van der Waals surface area (Å²) < 4.78 is 5.72. The molecule has 0 amide bonds. The first kappa shape index (κ1) is 14.6. The molecule has 0 aliphatic rings. The average molecular weight is 269 g/mol. The van der Waals surface area contributed by atoms with Gasteiger partial charge < -0.3 is 10.5 Å². The molecular weight excluding hydrogens is 246 g/mol. The molecule has 0 radical (unpaired) electrons. The Kier molecular flexibility index (Phi) is 4.80. The van der Waals surface area contributed by atoms with Gasteiger partial charge in [0, 0.05) is 6.04 Å². The highest BCUT2D eigenvalue weighted by Crippen LogP contribution is 2.22. The van der Waals surface area contributed by atoms with Crippen molar-refractivity contribution >= 4 is 0 Å². The third-order valence-corrected chi connectivity index (χ3v) is 3.20. The van der Waals surface area contributed by atoms with Crippen molar-refractivity contribution in [3.8, 4) is 5.75 Å². The lowest BCUT2D eigenvalue weighted by atomic mass is 9.98. The van der Waals surface area contributed by atoms with Crippen molar-refractivity contribution in [1.29, 1.82) is 0 Å². The Bertz CT molecular complexity index is 563. The van der Waals surface area contributed by atoms with Crippen molar-refractivity contribution < 1.29 is 4.74 Å². The van der Waals surface area contributed by atoms with Crippen LogP contribution in [0.4, 0.5) is 0 Å². The lowest BCUT2D eigenvalue weighted by Crippen LogP contribution is -2.14. The van der Waals surface area contributed by atoms with Crippen LogP contribution in [0.3, 0.4) is 0 Å². The van der Waals surface area contributed by atoms with E-state index in [1.54, 1.807) is 0 Å². The molecule has 0 fully saturated rings. The molecule has 1 atom stereocenters. The molecule has 0 bridgehead atoms. The molecule has 106 valence electrons. The van der Waals surface area contributed by atoms with E-state index in [4.69, 9.17) is 10.5 Å². The van der Waals surface area contributed by atoms with Gasteiger partial charge in [-0.05, 0) is 50.5 Å². The smallest absolute Gasteiger partial charge is 0.120 e. The second-order valence-corrected chi connectivity index (χ2v) is 5.54. The zero-order valence-corrected chi connectivity index (χ0v) is 12.5. The van der Waals surface area contributed by atoms with Crippen LogP contribution in [0.1, 0.15) is 36.6 Å². The molecule has 20 heavy (non-hydrogen) atoms. The van der Waals surface area contributed by atoms with E-state index in [-0.39, 0.29) is 12.1 Å². The number of rotatable bonds is 5. The molecule has 2 aromatic rings. The van der Waals surface area contributed by atoms with Crippen molar-refractivity contribution in [3.05, 3.63) is 65.2 Å². The summed E-state index contributed by atoms with van der Waals surface area (Å²) in [6, 6.07) is 16.6. The first-order valence-electron chi connectivity index (χ1n) is 7.12. The Morgan fingerprint density at radius 1 is 1.05 bits per heavy atom. The van der Waals surface area contributed by atoms with Gasteiger partial charge in [-0.2, -0.15) is 0 Å². The Balaban J connectivity index is 2.10. The summed E-state index contributed by atoms with van der Waals surface area (Å²) in [6.45, 7) is 6.16. The standard InChI is InChI=1S/C18H23NO/c1-13(2)20-17-9-5-8-16(12-17)18(19)11-15-7-4-6-14(3)10-15/h4-10,12-13,18H,11,19H2,1-3H3. The van der Waals surface area contributed by atoms with Crippen LogP contribution < -0.4 is 10.5 Å². The molecular formula is C18H23NO. The second-order valence-electron chi connectivity index (χ2n) is 5.54. The quantitative estimate of drug-likeness (QED) is 0.889. The predicted octanol–water partition coefficient (Wildman–Crippen LogP) is 4.02. The van der Waals surface area contributed by atoms with E-state index in [9.17, 15) is 0 Å². The number of benzene rings is 2. The summed E-state index contributed by atoms with van der Waals surface area (Å²) in [5, 5.41) is 0. The molecule has 0 aromatic heterocycles. The van der Waals surface area contributed by atoms with E-state index < -0.39 is 0 Å². The topological polar surface area (TPSA) is 35.2 Å². The Morgan fingerprint density at radius 2 is 1.80 bits per heavy atom. The van der Waals surface area contributed by atoms with E-state index in [1.807, 2.05) is 32.0 Å². The van der Waals surface area contributed by atoms with Gasteiger partial charge in [-0.3, -0.25) is 0 Å². The first-order chi connectivity index (χ1) is 9.54. The lowest BCUT2D eigenvalue weighted by Gasteiger charge is -2.15. The third-order valence-electron chi connectivity index (χ3n) is 3.20. The summed E-state index contributed by atoms with van der Waals surface area (Å²) in [6.07, 6.45) is 1.02. The highest BCUT2D eigenvalue weighted by molar-refractivity contribution is 5.32. The number of aryl methyl sites for hydroxylation is 1. The average Bonchev–Trinajstić information content (AvgIpc) is 2.38. The largest absolute Gasteiger partial charge is 0.491 e. The van der Waals surface area contributed by atoms with Gasteiger partial charge in [-0.25, -0.2) is 0 Å². The zero-order chi connectivity index (χ0) is 14.5. The predicted molar refractivity (Wildman–Crippen MR) is 84.0 cm³/mol. The SMILES string of the molecule is Cc1cccc(CC(N)c2cccc(OC(C)C)c2)c1. The van der Waals surface area contributed by atoms with E-state index in [0.717, 1.165) is 17.7 Å². The van der Waals surface area contributed by atoms with E-state index in [2.05, 4.69) is 37.3 Å². The number of hydrogen-bond donors (Lipinski definition) is 1. The molecule has 2 heteroatoms. The van der Waals surface area contributed by atoms with E-state index in [1.165, 1.54) is 11.1 Å². The van der Waals surface area contributed by atoms with Crippen LogP contribution in [0, 0.1) is 6.92 Å². The van der Waals surface area contributed by atoms with Gasteiger partial charge in [0.05, 0.1) is 6.10 Å². The fraction of sp³-hybridized carbons (Fsp3) is 0.333. The normalized spacial score (nSPS) is 12.4. The number of ether oxygens (including phenoxy) is 1. The minimum atomic E-state index is -0.00693. The van der Waals surface area contributed by atoms with Crippen LogP contribution >= 0.6 is 0 Å².